The molecule has 1 amide bonds. The fraction of sp³-hybridized carbons (Fsp3) is 0.160. The van der Waals surface area contributed by atoms with Crippen LogP contribution < -0.4 is 14.8 Å². The fourth-order valence-electron chi connectivity index (χ4n) is 3.28. The Balaban J connectivity index is 1.43. The maximum atomic E-state index is 12.8. The van der Waals surface area contributed by atoms with Crippen LogP contribution in [-0.2, 0) is 6.61 Å². The number of hydrogen-bond acceptors (Lipinski definition) is 5. The molecule has 0 bridgehead atoms. The third kappa shape index (κ3) is 5.32. The van der Waals surface area contributed by atoms with Gasteiger partial charge in [0.05, 0.1) is 23.9 Å². The Labute approximate surface area is 196 Å². The smallest absolute Gasteiger partial charge is 0.272 e. The van der Waals surface area contributed by atoms with Crippen molar-refractivity contribution in [2.45, 2.75) is 19.6 Å². The number of benzene rings is 2. The number of nitrogens with one attached hydrogen (secondary N) is 1. The average molecular weight is 463 g/mol. The number of carbonyl (C=O) groups is 1. The molecule has 2 heterocycles. The summed E-state index contributed by atoms with van der Waals surface area (Å²) < 4.78 is 13.0. The average Bonchev–Trinajstić information content (AvgIpc) is 3.34. The van der Waals surface area contributed by atoms with Gasteiger partial charge in [-0.25, -0.2) is 4.68 Å². The molecule has 8 heteroatoms. The van der Waals surface area contributed by atoms with E-state index in [4.69, 9.17) is 21.1 Å². The van der Waals surface area contributed by atoms with Gasteiger partial charge in [-0.05, 0) is 60.5 Å². The molecule has 0 radical (unpaired) electrons. The SMILES string of the molecule is COc1cc(C(C)NC(=O)c2ccn(-c3ccccc3Cl)n2)ccc1OCc1ccncc1. The van der Waals surface area contributed by atoms with Gasteiger partial charge in [-0.1, -0.05) is 29.8 Å². The third-order valence-corrected chi connectivity index (χ3v) is 5.42. The summed E-state index contributed by atoms with van der Waals surface area (Å²) in [7, 11) is 1.59. The molecule has 0 aliphatic carbocycles. The Hall–Kier alpha value is -3.84. The maximum absolute atomic E-state index is 12.8. The van der Waals surface area contributed by atoms with Crippen LogP contribution in [0.1, 0.15) is 34.6 Å². The van der Waals surface area contributed by atoms with Crippen LogP contribution in [0.15, 0.2) is 79.3 Å². The second-order valence-corrected chi connectivity index (χ2v) is 7.75. The molecule has 4 aromatic rings. The molecule has 0 aliphatic heterocycles. The Morgan fingerprint density at radius 1 is 1.09 bits per heavy atom. The minimum Gasteiger partial charge on any atom is -0.493 e. The van der Waals surface area contributed by atoms with Crippen LogP contribution in [0, 0.1) is 0 Å². The van der Waals surface area contributed by atoms with Gasteiger partial charge in [0.25, 0.3) is 5.91 Å². The van der Waals surface area contributed by atoms with Gasteiger partial charge < -0.3 is 14.8 Å². The predicted molar refractivity (Wildman–Crippen MR) is 126 cm³/mol. The largest absolute Gasteiger partial charge is 0.493 e. The van der Waals surface area contributed by atoms with E-state index < -0.39 is 0 Å². The lowest BCUT2D eigenvalue weighted by Gasteiger charge is -2.17. The molecule has 2 aromatic carbocycles. The van der Waals surface area contributed by atoms with Crippen LogP contribution in [-0.4, -0.2) is 27.8 Å². The summed E-state index contributed by atoms with van der Waals surface area (Å²) in [4.78, 5) is 16.8. The predicted octanol–water partition coefficient (Wildman–Crippen LogP) is 5.00. The van der Waals surface area contributed by atoms with E-state index in [0.717, 1.165) is 11.1 Å². The number of rotatable bonds is 8. The van der Waals surface area contributed by atoms with E-state index in [9.17, 15) is 4.79 Å². The molecule has 0 spiro atoms. The summed E-state index contributed by atoms with van der Waals surface area (Å²) >= 11 is 6.22. The maximum Gasteiger partial charge on any atom is 0.272 e. The Kier molecular flexibility index (Phi) is 6.90. The minimum atomic E-state index is -0.287. The highest BCUT2D eigenvalue weighted by molar-refractivity contribution is 6.32. The second-order valence-electron chi connectivity index (χ2n) is 7.35. The van der Waals surface area contributed by atoms with Crippen LogP contribution >= 0.6 is 11.6 Å². The second kappa shape index (κ2) is 10.2. The van der Waals surface area contributed by atoms with Gasteiger partial charge in [0.2, 0.25) is 0 Å². The Morgan fingerprint density at radius 3 is 2.64 bits per heavy atom. The molecule has 1 unspecified atom stereocenters. The number of ether oxygens (including phenoxy) is 2. The number of carbonyl (C=O) groups excluding carboxylic acids is 1. The van der Waals surface area contributed by atoms with Crippen molar-refractivity contribution in [1.82, 2.24) is 20.1 Å². The normalized spacial score (nSPS) is 11.6. The van der Waals surface area contributed by atoms with Crippen LogP contribution in [0.2, 0.25) is 5.02 Å². The van der Waals surface area contributed by atoms with Gasteiger partial charge in [0, 0.05) is 18.6 Å². The molecule has 0 saturated heterocycles. The molecule has 168 valence electrons. The number of para-hydroxylation sites is 1. The van der Waals surface area contributed by atoms with Crippen molar-refractivity contribution in [3.63, 3.8) is 0 Å². The van der Waals surface area contributed by atoms with E-state index in [1.165, 1.54) is 0 Å². The van der Waals surface area contributed by atoms with Crippen molar-refractivity contribution >= 4 is 17.5 Å². The summed E-state index contributed by atoms with van der Waals surface area (Å²) in [5.74, 6) is 0.922. The number of halogens is 1. The van der Waals surface area contributed by atoms with Crippen molar-refractivity contribution in [3.8, 4) is 17.2 Å². The molecule has 0 saturated carbocycles. The van der Waals surface area contributed by atoms with Gasteiger partial charge >= 0.3 is 0 Å². The highest BCUT2D eigenvalue weighted by atomic mass is 35.5. The van der Waals surface area contributed by atoms with Gasteiger partial charge in [-0.2, -0.15) is 5.10 Å². The minimum absolute atomic E-state index is 0.272. The summed E-state index contributed by atoms with van der Waals surface area (Å²) in [6, 6.07) is 18.1. The van der Waals surface area contributed by atoms with Crippen LogP contribution in [0.5, 0.6) is 11.5 Å². The molecule has 4 rings (SSSR count). The Morgan fingerprint density at radius 2 is 1.88 bits per heavy atom. The van der Waals surface area contributed by atoms with E-state index >= 15 is 0 Å². The van der Waals surface area contributed by atoms with Crippen molar-refractivity contribution in [1.29, 1.82) is 0 Å². The molecule has 33 heavy (non-hydrogen) atoms. The molecule has 7 nitrogen and oxygen atoms in total. The lowest BCUT2D eigenvalue weighted by Crippen LogP contribution is -2.27. The summed E-state index contributed by atoms with van der Waals surface area (Å²) in [5, 5.41) is 7.88. The number of pyridine rings is 1. The van der Waals surface area contributed by atoms with Crippen LogP contribution in [0.4, 0.5) is 0 Å². The lowest BCUT2D eigenvalue weighted by molar-refractivity contribution is 0.0934. The van der Waals surface area contributed by atoms with Crippen molar-refractivity contribution in [2.24, 2.45) is 0 Å². The van der Waals surface area contributed by atoms with Crippen molar-refractivity contribution in [3.05, 3.63) is 101 Å². The monoisotopic (exact) mass is 462 g/mol. The lowest BCUT2D eigenvalue weighted by atomic mass is 10.1. The van der Waals surface area contributed by atoms with E-state index in [2.05, 4.69) is 15.4 Å². The standard InChI is InChI=1S/C25H23ClN4O3/c1-17(28-25(31)21-11-14-30(29-21)22-6-4-3-5-20(22)26)19-7-8-23(24(15-19)32-2)33-16-18-9-12-27-13-10-18/h3-15,17H,16H2,1-2H3,(H,28,31). The number of aromatic nitrogens is 3. The zero-order chi connectivity index (χ0) is 23.2. The molecule has 0 fully saturated rings. The van der Waals surface area contributed by atoms with Crippen LogP contribution in [0.25, 0.3) is 5.69 Å². The number of nitrogens with zero attached hydrogens (tertiary/aromatic N) is 3. The summed E-state index contributed by atoms with van der Waals surface area (Å²) in [6.07, 6.45) is 5.15. The molecular formula is C25H23ClN4O3. The highest BCUT2D eigenvalue weighted by Crippen LogP contribution is 2.31. The first kappa shape index (κ1) is 22.4. The van der Waals surface area contributed by atoms with Crippen molar-refractivity contribution in [2.75, 3.05) is 7.11 Å². The van der Waals surface area contributed by atoms with E-state index in [-0.39, 0.29) is 11.9 Å². The van der Waals surface area contributed by atoms with Gasteiger partial charge in [0.1, 0.15) is 6.61 Å². The quantitative estimate of drug-likeness (QED) is 0.398. The van der Waals surface area contributed by atoms with Gasteiger partial charge in [0.15, 0.2) is 17.2 Å². The molecule has 1 N–H and O–H groups in total. The number of amides is 1. The number of methoxy groups -OCH3 is 1. The number of hydrogen-bond donors (Lipinski definition) is 1. The Bertz CT molecular complexity index is 1240. The summed E-state index contributed by atoms with van der Waals surface area (Å²) in [5.41, 5.74) is 2.89. The fourth-order valence-corrected chi connectivity index (χ4v) is 3.51. The first-order valence-electron chi connectivity index (χ1n) is 10.4. The van der Waals surface area contributed by atoms with E-state index in [0.29, 0.717) is 34.5 Å². The topological polar surface area (TPSA) is 78.3 Å². The molecule has 1 atom stereocenters. The third-order valence-electron chi connectivity index (χ3n) is 5.10. The zero-order valence-corrected chi connectivity index (χ0v) is 19.0. The molecular weight excluding hydrogens is 440 g/mol. The molecule has 2 aromatic heterocycles. The first-order chi connectivity index (χ1) is 16.0. The van der Waals surface area contributed by atoms with Gasteiger partial charge in [-0.15, -0.1) is 0 Å². The highest BCUT2D eigenvalue weighted by Gasteiger charge is 2.17. The molecule has 0 aliphatic rings. The van der Waals surface area contributed by atoms with Crippen molar-refractivity contribution < 1.29 is 14.3 Å². The van der Waals surface area contributed by atoms with Crippen LogP contribution in [0.3, 0.4) is 0 Å². The zero-order valence-electron chi connectivity index (χ0n) is 18.2. The van der Waals surface area contributed by atoms with Gasteiger partial charge in [-0.3, -0.25) is 9.78 Å². The van der Waals surface area contributed by atoms with E-state index in [1.54, 1.807) is 42.5 Å². The first-order valence-corrected chi connectivity index (χ1v) is 10.7. The van der Waals surface area contributed by atoms with E-state index in [1.807, 2.05) is 55.5 Å². The summed E-state index contributed by atoms with van der Waals surface area (Å²) in [6.45, 7) is 2.30.